The number of nitrogens with one attached hydrogen (secondary N) is 2. The zero-order valence-corrected chi connectivity index (χ0v) is 8.86. The maximum atomic E-state index is 4.02. The Morgan fingerprint density at radius 2 is 2.23 bits per heavy atom. The van der Waals surface area contributed by atoms with Gasteiger partial charge >= 0.3 is 0 Å². The van der Waals surface area contributed by atoms with E-state index in [2.05, 4.69) is 15.6 Å². The van der Waals surface area contributed by atoms with Crippen LogP contribution >= 0.6 is 11.3 Å². The molecule has 1 aromatic heterocycles. The number of hydrogen-bond acceptors (Lipinski definition) is 4. The van der Waals surface area contributed by atoms with E-state index in [0.717, 1.165) is 19.6 Å². The van der Waals surface area contributed by atoms with E-state index in [1.165, 1.54) is 17.7 Å². The Balaban J connectivity index is 1.90. The molecule has 0 aliphatic heterocycles. The normalized spacial score (nSPS) is 10.5. The van der Waals surface area contributed by atoms with E-state index in [0.29, 0.717) is 0 Å². The Morgan fingerprint density at radius 1 is 1.38 bits per heavy atom. The third-order valence-corrected chi connectivity index (χ3v) is 2.59. The predicted molar refractivity (Wildman–Crippen MR) is 57.0 cm³/mol. The molecule has 0 fully saturated rings. The van der Waals surface area contributed by atoms with E-state index in [-0.39, 0.29) is 0 Å². The molecule has 2 N–H and O–H groups in total. The van der Waals surface area contributed by atoms with Crippen LogP contribution < -0.4 is 10.6 Å². The number of hydrogen-bond donors (Lipinski definition) is 2. The molecule has 4 heteroatoms. The Hall–Kier alpha value is -0.450. The van der Waals surface area contributed by atoms with Crippen molar-refractivity contribution in [2.75, 3.05) is 20.1 Å². The van der Waals surface area contributed by atoms with Gasteiger partial charge in [0.2, 0.25) is 0 Å². The van der Waals surface area contributed by atoms with E-state index in [1.807, 2.05) is 18.8 Å². The summed E-state index contributed by atoms with van der Waals surface area (Å²) >= 11 is 1.71. The third kappa shape index (κ3) is 4.98. The van der Waals surface area contributed by atoms with Crippen molar-refractivity contribution >= 4 is 11.3 Å². The van der Waals surface area contributed by atoms with Gasteiger partial charge in [0.15, 0.2) is 0 Å². The highest BCUT2D eigenvalue weighted by Crippen LogP contribution is 2.03. The van der Waals surface area contributed by atoms with Crippen molar-refractivity contribution in [1.82, 2.24) is 15.6 Å². The van der Waals surface area contributed by atoms with Gasteiger partial charge in [-0.15, -0.1) is 11.3 Å². The summed E-state index contributed by atoms with van der Waals surface area (Å²) in [4.78, 5) is 5.33. The molecule has 0 aliphatic carbocycles. The Kier molecular flexibility index (Phi) is 5.73. The molecule has 0 spiro atoms. The van der Waals surface area contributed by atoms with Crippen LogP contribution in [0.5, 0.6) is 0 Å². The van der Waals surface area contributed by atoms with Crippen molar-refractivity contribution in [2.45, 2.75) is 19.4 Å². The topological polar surface area (TPSA) is 37.0 Å². The number of thiazole rings is 1. The van der Waals surface area contributed by atoms with Gasteiger partial charge in [0.25, 0.3) is 0 Å². The summed E-state index contributed by atoms with van der Waals surface area (Å²) in [5.41, 5.74) is 1.87. The molecule has 0 unspecified atom stereocenters. The summed E-state index contributed by atoms with van der Waals surface area (Å²) < 4.78 is 0. The van der Waals surface area contributed by atoms with Crippen LogP contribution in [0, 0.1) is 0 Å². The van der Waals surface area contributed by atoms with Crippen molar-refractivity contribution in [2.24, 2.45) is 0 Å². The summed E-state index contributed by atoms with van der Waals surface area (Å²) in [5.74, 6) is 0. The summed E-state index contributed by atoms with van der Waals surface area (Å²) in [6, 6.07) is 0. The average Bonchev–Trinajstić information content (AvgIpc) is 2.63. The van der Waals surface area contributed by atoms with Crippen LogP contribution in [0.25, 0.3) is 0 Å². The third-order valence-electron chi connectivity index (χ3n) is 1.81. The minimum absolute atomic E-state index is 0.963. The van der Waals surface area contributed by atoms with Crippen LogP contribution in [0.15, 0.2) is 11.7 Å². The highest BCUT2D eigenvalue weighted by atomic mass is 32.1. The average molecular weight is 199 g/mol. The van der Waals surface area contributed by atoms with Gasteiger partial charge in [0, 0.05) is 17.6 Å². The van der Waals surface area contributed by atoms with Crippen LogP contribution in [0.2, 0.25) is 0 Å². The first kappa shape index (κ1) is 10.6. The number of unbranched alkanes of at least 4 members (excludes halogenated alkanes) is 1. The molecule has 0 radical (unpaired) electrons. The van der Waals surface area contributed by atoms with Crippen LogP contribution in [0.1, 0.15) is 17.7 Å². The maximum Gasteiger partial charge on any atom is 0.0794 e. The summed E-state index contributed by atoms with van der Waals surface area (Å²) in [6.45, 7) is 3.17. The number of rotatable bonds is 7. The van der Waals surface area contributed by atoms with Gasteiger partial charge in [-0.2, -0.15) is 0 Å². The summed E-state index contributed by atoms with van der Waals surface area (Å²) in [6.07, 6.45) is 4.40. The number of nitrogens with zero attached hydrogens (tertiary/aromatic N) is 1. The Morgan fingerprint density at radius 3 is 2.92 bits per heavy atom. The first-order chi connectivity index (χ1) is 6.43. The minimum Gasteiger partial charge on any atom is -0.320 e. The second kappa shape index (κ2) is 7.00. The zero-order valence-electron chi connectivity index (χ0n) is 8.05. The van der Waals surface area contributed by atoms with Gasteiger partial charge in [-0.25, -0.2) is 0 Å². The lowest BCUT2D eigenvalue weighted by Crippen LogP contribution is -2.16. The molecule has 74 valence electrons. The first-order valence-electron chi connectivity index (χ1n) is 4.66. The molecule has 3 nitrogen and oxygen atoms in total. The molecule has 1 aromatic rings. The zero-order chi connectivity index (χ0) is 9.36. The van der Waals surface area contributed by atoms with Gasteiger partial charge in [0.05, 0.1) is 5.51 Å². The highest BCUT2D eigenvalue weighted by molar-refractivity contribution is 7.09. The Bertz CT molecular complexity index is 199. The van der Waals surface area contributed by atoms with Crippen LogP contribution in [0.3, 0.4) is 0 Å². The van der Waals surface area contributed by atoms with Crippen molar-refractivity contribution < 1.29 is 0 Å². The van der Waals surface area contributed by atoms with E-state index >= 15 is 0 Å². The lowest BCUT2D eigenvalue weighted by atomic mass is 10.3. The molecule has 13 heavy (non-hydrogen) atoms. The first-order valence-corrected chi connectivity index (χ1v) is 5.54. The van der Waals surface area contributed by atoms with E-state index < -0.39 is 0 Å². The van der Waals surface area contributed by atoms with E-state index in [9.17, 15) is 0 Å². The predicted octanol–water partition coefficient (Wildman–Crippen LogP) is 1.23. The quantitative estimate of drug-likeness (QED) is 0.649. The minimum atomic E-state index is 0.963. The fraction of sp³-hybridized carbons (Fsp3) is 0.667. The van der Waals surface area contributed by atoms with Gasteiger partial charge in [-0.1, -0.05) is 0 Å². The molecule has 0 atom stereocenters. The van der Waals surface area contributed by atoms with Crippen molar-refractivity contribution in [3.05, 3.63) is 16.6 Å². The molecule has 1 rings (SSSR count). The second-order valence-electron chi connectivity index (χ2n) is 2.96. The van der Waals surface area contributed by atoms with Gasteiger partial charge < -0.3 is 10.6 Å². The molecule has 0 saturated heterocycles. The summed E-state index contributed by atoms with van der Waals surface area (Å²) in [7, 11) is 1.99. The van der Waals surface area contributed by atoms with Crippen LogP contribution in [0.4, 0.5) is 0 Å². The van der Waals surface area contributed by atoms with Crippen LogP contribution in [-0.2, 0) is 6.54 Å². The van der Waals surface area contributed by atoms with Crippen molar-refractivity contribution in [3.63, 3.8) is 0 Å². The molecule has 0 amide bonds. The lowest BCUT2D eigenvalue weighted by Gasteiger charge is -2.02. The van der Waals surface area contributed by atoms with Crippen molar-refractivity contribution in [1.29, 1.82) is 0 Å². The molecule has 1 heterocycles. The van der Waals surface area contributed by atoms with Gasteiger partial charge in [-0.3, -0.25) is 4.98 Å². The van der Waals surface area contributed by atoms with E-state index in [1.54, 1.807) is 11.3 Å². The molecule has 0 bridgehead atoms. The van der Waals surface area contributed by atoms with Crippen molar-refractivity contribution in [3.8, 4) is 0 Å². The standard InChI is InChI=1S/C9H17N3S/c1-10-4-2-3-5-11-6-9-7-12-8-13-9/h7-8,10-11H,2-6H2,1H3. The summed E-state index contributed by atoms with van der Waals surface area (Å²) in [5, 5.41) is 6.53. The number of aromatic nitrogens is 1. The fourth-order valence-corrected chi connectivity index (χ4v) is 1.66. The molecular weight excluding hydrogens is 182 g/mol. The largest absolute Gasteiger partial charge is 0.320 e. The molecule has 0 aromatic carbocycles. The highest BCUT2D eigenvalue weighted by Gasteiger charge is 1.92. The van der Waals surface area contributed by atoms with Crippen LogP contribution in [-0.4, -0.2) is 25.1 Å². The molecular formula is C9H17N3S. The molecule has 0 aliphatic rings. The van der Waals surface area contributed by atoms with Gasteiger partial charge in [-0.05, 0) is 33.0 Å². The SMILES string of the molecule is CNCCCCNCc1cncs1. The monoisotopic (exact) mass is 199 g/mol. The maximum absolute atomic E-state index is 4.02. The smallest absolute Gasteiger partial charge is 0.0794 e. The fourth-order valence-electron chi connectivity index (χ4n) is 1.09. The molecule has 0 saturated carbocycles. The van der Waals surface area contributed by atoms with E-state index in [4.69, 9.17) is 0 Å². The lowest BCUT2D eigenvalue weighted by molar-refractivity contribution is 0.608. The van der Waals surface area contributed by atoms with Gasteiger partial charge in [0.1, 0.15) is 0 Å². The Labute approximate surface area is 83.6 Å². The second-order valence-corrected chi connectivity index (χ2v) is 3.93.